The number of nitrogens with one attached hydrogen (secondary N) is 2. The van der Waals surface area contributed by atoms with Gasteiger partial charge in [0, 0.05) is 16.5 Å². The quantitative estimate of drug-likeness (QED) is 0.388. The molecule has 0 saturated heterocycles. The van der Waals surface area contributed by atoms with Crippen LogP contribution in [0.5, 0.6) is 11.5 Å². The third-order valence-corrected chi connectivity index (χ3v) is 5.16. The van der Waals surface area contributed by atoms with Gasteiger partial charge in [-0.25, -0.2) is 0 Å². The Balaban J connectivity index is 1.57. The van der Waals surface area contributed by atoms with Gasteiger partial charge in [0.1, 0.15) is 11.5 Å². The Morgan fingerprint density at radius 3 is 2.27 bits per heavy atom. The lowest BCUT2D eigenvalue weighted by Crippen LogP contribution is -2.41. The zero-order valence-electron chi connectivity index (χ0n) is 18.6. The van der Waals surface area contributed by atoms with Crippen LogP contribution in [0.4, 0.5) is 0 Å². The molecule has 0 atom stereocenters. The van der Waals surface area contributed by atoms with Crippen LogP contribution in [-0.4, -0.2) is 25.0 Å². The number of halogens is 1. The van der Waals surface area contributed by atoms with Crippen LogP contribution < -0.4 is 20.3 Å². The minimum atomic E-state index is -0.476. The molecule has 0 spiro atoms. The summed E-state index contributed by atoms with van der Waals surface area (Å²) in [6.45, 7) is 5.15. The van der Waals surface area contributed by atoms with E-state index in [1.807, 2.05) is 30.3 Å². The van der Waals surface area contributed by atoms with E-state index in [0.29, 0.717) is 48.2 Å². The third-order valence-electron chi connectivity index (χ3n) is 4.67. The number of carbonyl (C=O) groups excluding carboxylic acids is 2. The van der Waals surface area contributed by atoms with E-state index in [0.717, 1.165) is 10.0 Å². The first-order valence-corrected chi connectivity index (χ1v) is 11.5. The van der Waals surface area contributed by atoms with E-state index in [1.54, 1.807) is 42.5 Å². The number of carbonyl (C=O) groups is 2. The summed E-state index contributed by atoms with van der Waals surface area (Å²) in [5, 5.41) is 0. The lowest BCUT2D eigenvalue weighted by molar-refractivity contribution is 0.0844. The predicted octanol–water partition coefficient (Wildman–Crippen LogP) is 5.18. The molecule has 0 heterocycles. The van der Waals surface area contributed by atoms with Gasteiger partial charge in [0.15, 0.2) is 0 Å². The van der Waals surface area contributed by atoms with E-state index in [-0.39, 0.29) is 0 Å². The summed E-state index contributed by atoms with van der Waals surface area (Å²) in [6.07, 6.45) is 0.714. The zero-order valence-corrected chi connectivity index (χ0v) is 20.2. The van der Waals surface area contributed by atoms with Crippen molar-refractivity contribution in [1.82, 2.24) is 10.9 Å². The van der Waals surface area contributed by atoms with Gasteiger partial charge in [-0.1, -0.05) is 60.1 Å². The molecule has 2 amide bonds. The second kappa shape index (κ2) is 12.1. The van der Waals surface area contributed by atoms with E-state index in [4.69, 9.17) is 9.47 Å². The van der Waals surface area contributed by atoms with Gasteiger partial charge in [-0.2, -0.15) is 0 Å². The van der Waals surface area contributed by atoms with Crippen LogP contribution >= 0.6 is 15.9 Å². The van der Waals surface area contributed by atoms with Crippen molar-refractivity contribution in [3.63, 3.8) is 0 Å². The van der Waals surface area contributed by atoms with Crippen molar-refractivity contribution in [3.8, 4) is 11.5 Å². The van der Waals surface area contributed by atoms with Crippen LogP contribution in [0.3, 0.4) is 0 Å². The van der Waals surface area contributed by atoms with Crippen molar-refractivity contribution >= 4 is 27.7 Å². The van der Waals surface area contributed by atoms with Crippen molar-refractivity contribution in [2.24, 2.45) is 5.92 Å². The molecule has 0 bridgehead atoms. The molecule has 3 aromatic carbocycles. The molecule has 6 nitrogen and oxygen atoms in total. The van der Waals surface area contributed by atoms with E-state index in [2.05, 4.69) is 40.6 Å². The molecule has 0 aromatic heterocycles. The molecular formula is C26H27BrN2O4. The number of hydrazine groups is 1. The number of ether oxygens (including phenoxy) is 2. The van der Waals surface area contributed by atoms with Crippen molar-refractivity contribution in [2.45, 2.75) is 20.3 Å². The predicted molar refractivity (Wildman–Crippen MR) is 131 cm³/mol. The first-order chi connectivity index (χ1) is 15.9. The maximum atomic E-state index is 12.7. The lowest BCUT2D eigenvalue weighted by atomic mass is 10.1. The van der Waals surface area contributed by atoms with Crippen LogP contribution in [0.15, 0.2) is 77.3 Å². The van der Waals surface area contributed by atoms with Gasteiger partial charge >= 0.3 is 0 Å². The van der Waals surface area contributed by atoms with Crippen LogP contribution in [-0.2, 0) is 6.42 Å². The fraction of sp³-hybridized carbons (Fsp3) is 0.231. The molecular weight excluding hydrogens is 484 g/mol. The Kier molecular flexibility index (Phi) is 8.89. The number of hydrogen-bond acceptors (Lipinski definition) is 4. The van der Waals surface area contributed by atoms with Crippen molar-refractivity contribution in [3.05, 3.63) is 94.0 Å². The molecule has 3 aromatic rings. The van der Waals surface area contributed by atoms with Crippen LogP contribution in [0, 0.1) is 5.92 Å². The van der Waals surface area contributed by atoms with E-state index >= 15 is 0 Å². The van der Waals surface area contributed by atoms with Gasteiger partial charge in [0.05, 0.1) is 18.8 Å². The standard InChI is InChI=1S/C26H27BrN2O4/c1-18(2)17-33-22-11-8-20(9-12-22)25(30)28-29-26(31)23-16-21(27)10-13-24(23)32-15-14-19-6-4-3-5-7-19/h3-13,16,18H,14-15,17H2,1-2H3,(H,28,30)(H,29,31). The maximum Gasteiger partial charge on any atom is 0.273 e. The van der Waals surface area contributed by atoms with Crippen molar-refractivity contribution in [1.29, 1.82) is 0 Å². The number of rotatable bonds is 9. The monoisotopic (exact) mass is 510 g/mol. The minimum absolute atomic E-state index is 0.315. The van der Waals surface area contributed by atoms with Crippen molar-refractivity contribution < 1.29 is 19.1 Å². The van der Waals surface area contributed by atoms with Gasteiger partial charge in [-0.05, 0) is 53.9 Å². The third kappa shape index (κ3) is 7.64. The molecule has 0 saturated carbocycles. The molecule has 0 aliphatic carbocycles. The highest BCUT2D eigenvalue weighted by molar-refractivity contribution is 9.10. The number of benzene rings is 3. The summed E-state index contributed by atoms with van der Waals surface area (Å²) >= 11 is 3.38. The summed E-state index contributed by atoms with van der Waals surface area (Å²) in [5.41, 5.74) is 6.77. The number of hydrogen-bond donors (Lipinski definition) is 2. The Morgan fingerprint density at radius 2 is 1.58 bits per heavy atom. The van der Waals surface area contributed by atoms with Crippen LogP contribution in [0.2, 0.25) is 0 Å². The van der Waals surface area contributed by atoms with E-state index in [9.17, 15) is 9.59 Å². The lowest BCUT2D eigenvalue weighted by Gasteiger charge is -2.13. The average Bonchev–Trinajstić information content (AvgIpc) is 2.83. The van der Waals surface area contributed by atoms with Gasteiger partial charge in [-0.15, -0.1) is 0 Å². The summed E-state index contributed by atoms with van der Waals surface area (Å²) < 4.78 is 12.2. The molecule has 0 aliphatic rings. The maximum absolute atomic E-state index is 12.7. The molecule has 0 unspecified atom stereocenters. The van der Waals surface area contributed by atoms with Crippen LogP contribution in [0.1, 0.15) is 40.1 Å². The average molecular weight is 511 g/mol. The van der Waals surface area contributed by atoms with Gasteiger partial charge in [0.2, 0.25) is 0 Å². The second-order valence-corrected chi connectivity index (χ2v) is 8.78. The van der Waals surface area contributed by atoms with Gasteiger partial charge in [-0.3, -0.25) is 20.4 Å². The SMILES string of the molecule is CC(C)COc1ccc(C(=O)NNC(=O)c2cc(Br)ccc2OCCc2ccccc2)cc1. The fourth-order valence-corrected chi connectivity index (χ4v) is 3.31. The Morgan fingerprint density at radius 1 is 0.879 bits per heavy atom. The highest BCUT2D eigenvalue weighted by Gasteiger charge is 2.15. The summed E-state index contributed by atoms with van der Waals surface area (Å²) in [4.78, 5) is 25.2. The topological polar surface area (TPSA) is 76.7 Å². The molecule has 0 radical (unpaired) electrons. The Labute approximate surface area is 202 Å². The Hall–Kier alpha value is -3.32. The summed E-state index contributed by atoms with van der Waals surface area (Å²) in [6, 6.07) is 21.9. The molecule has 2 N–H and O–H groups in total. The molecule has 7 heteroatoms. The molecule has 0 fully saturated rings. The molecule has 33 heavy (non-hydrogen) atoms. The normalized spacial score (nSPS) is 10.5. The molecule has 0 aliphatic heterocycles. The molecule has 172 valence electrons. The summed E-state index contributed by atoms with van der Waals surface area (Å²) in [5.74, 6) is 0.633. The first kappa shape index (κ1) is 24.3. The first-order valence-electron chi connectivity index (χ1n) is 10.7. The minimum Gasteiger partial charge on any atom is -0.493 e. The highest BCUT2D eigenvalue weighted by Crippen LogP contribution is 2.23. The van der Waals surface area contributed by atoms with Crippen LogP contribution in [0.25, 0.3) is 0 Å². The zero-order chi connectivity index (χ0) is 23.6. The largest absolute Gasteiger partial charge is 0.493 e. The smallest absolute Gasteiger partial charge is 0.273 e. The van der Waals surface area contributed by atoms with E-state index < -0.39 is 11.8 Å². The Bertz CT molecular complexity index is 1070. The van der Waals surface area contributed by atoms with Gasteiger partial charge in [0.25, 0.3) is 11.8 Å². The van der Waals surface area contributed by atoms with Crippen molar-refractivity contribution in [2.75, 3.05) is 13.2 Å². The fourth-order valence-electron chi connectivity index (χ4n) is 2.95. The number of amides is 2. The highest BCUT2D eigenvalue weighted by atomic mass is 79.9. The van der Waals surface area contributed by atoms with E-state index in [1.165, 1.54) is 0 Å². The second-order valence-electron chi connectivity index (χ2n) is 7.86. The summed E-state index contributed by atoms with van der Waals surface area (Å²) in [7, 11) is 0. The molecule has 3 rings (SSSR count). The van der Waals surface area contributed by atoms with Gasteiger partial charge < -0.3 is 9.47 Å².